The van der Waals surface area contributed by atoms with Crippen molar-refractivity contribution in [3.05, 3.63) is 65.8 Å². The molecular formula is C21H27N5O2. The van der Waals surface area contributed by atoms with E-state index in [1.54, 1.807) is 12.5 Å². The fourth-order valence-electron chi connectivity index (χ4n) is 2.70. The number of hydrogen-bond acceptors (Lipinski definition) is 5. The Bertz CT molecular complexity index is 876. The summed E-state index contributed by atoms with van der Waals surface area (Å²) in [6.45, 7) is 7.44. The monoisotopic (exact) mass is 381 g/mol. The summed E-state index contributed by atoms with van der Waals surface area (Å²) >= 11 is 0. The minimum Gasteiger partial charge on any atom is -0.352 e. The number of hydrogen-bond donors (Lipinski definition) is 1. The first-order valence-electron chi connectivity index (χ1n) is 9.53. The highest BCUT2D eigenvalue weighted by molar-refractivity contribution is 5.75. The molecule has 0 aliphatic rings. The summed E-state index contributed by atoms with van der Waals surface area (Å²) in [5.41, 5.74) is 2.14. The lowest BCUT2D eigenvalue weighted by atomic mass is 9.96. The summed E-state index contributed by atoms with van der Waals surface area (Å²) in [5.74, 6) is 1.31. The van der Waals surface area contributed by atoms with Crippen molar-refractivity contribution >= 4 is 5.91 Å². The van der Waals surface area contributed by atoms with E-state index in [0.717, 1.165) is 12.1 Å². The van der Waals surface area contributed by atoms with Gasteiger partial charge in [-0.3, -0.25) is 4.79 Å². The average Bonchev–Trinajstić information content (AvgIpc) is 3.33. The van der Waals surface area contributed by atoms with Crippen molar-refractivity contribution in [2.75, 3.05) is 0 Å². The molecule has 1 amide bonds. The fourth-order valence-corrected chi connectivity index (χ4v) is 2.70. The predicted molar refractivity (Wildman–Crippen MR) is 106 cm³/mol. The van der Waals surface area contributed by atoms with Crippen LogP contribution in [0.2, 0.25) is 0 Å². The van der Waals surface area contributed by atoms with Crippen LogP contribution in [0.4, 0.5) is 0 Å². The van der Waals surface area contributed by atoms with Gasteiger partial charge < -0.3 is 14.4 Å². The van der Waals surface area contributed by atoms with Crippen molar-refractivity contribution < 1.29 is 9.32 Å². The van der Waals surface area contributed by atoms with Gasteiger partial charge in [-0.05, 0) is 17.5 Å². The van der Waals surface area contributed by atoms with Gasteiger partial charge in [-0.2, -0.15) is 4.98 Å². The Morgan fingerprint density at radius 1 is 1.18 bits per heavy atom. The third-order valence-electron chi connectivity index (χ3n) is 4.37. The molecular weight excluding hydrogens is 354 g/mol. The van der Waals surface area contributed by atoms with Crippen LogP contribution >= 0.6 is 0 Å². The van der Waals surface area contributed by atoms with Gasteiger partial charge in [0.15, 0.2) is 5.82 Å². The highest BCUT2D eigenvalue weighted by atomic mass is 16.5. The molecule has 7 nitrogen and oxygen atoms in total. The Kier molecular flexibility index (Phi) is 6.23. The highest BCUT2D eigenvalue weighted by Gasteiger charge is 2.20. The molecule has 0 radical (unpaired) electrons. The summed E-state index contributed by atoms with van der Waals surface area (Å²) in [6, 6.07) is 8.23. The number of imidazole rings is 1. The average molecular weight is 381 g/mol. The van der Waals surface area contributed by atoms with Crippen molar-refractivity contribution in [2.45, 2.75) is 58.5 Å². The van der Waals surface area contributed by atoms with Crippen LogP contribution in [0.25, 0.3) is 0 Å². The molecule has 0 unspecified atom stereocenters. The van der Waals surface area contributed by atoms with Gasteiger partial charge >= 0.3 is 0 Å². The molecule has 0 spiro atoms. The Morgan fingerprint density at radius 3 is 2.57 bits per heavy atom. The molecule has 2 aromatic heterocycles. The summed E-state index contributed by atoms with van der Waals surface area (Å²) < 4.78 is 7.27. The molecule has 3 rings (SSSR count). The number of aryl methyl sites for hydroxylation is 1. The maximum Gasteiger partial charge on any atom is 0.226 e. The number of nitrogens with one attached hydrogen (secondary N) is 1. The van der Waals surface area contributed by atoms with Gasteiger partial charge in [0.05, 0.1) is 6.33 Å². The van der Waals surface area contributed by atoms with Crippen LogP contribution in [0.3, 0.4) is 0 Å². The van der Waals surface area contributed by atoms with Crippen molar-refractivity contribution in [3.8, 4) is 0 Å². The third-order valence-corrected chi connectivity index (χ3v) is 4.37. The van der Waals surface area contributed by atoms with Crippen molar-refractivity contribution in [3.63, 3.8) is 0 Å². The zero-order valence-electron chi connectivity index (χ0n) is 16.7. The van der Waals surface area contributed by atoms with E-state index in [2.05, 4.69) is 32.6 Å². The van der Waals surface area contributed by atoms with Crippen molar-refractivity contribution in [2.24, 2.45) is 0 Å². The molecule has 1 aromatic carbocycles. The van der Waals surface area contributed by atoms with Crippen LogP contribution in [0, 0.1) is 0 Å². The minimum atomic E-state index is -0.132. The van der Waals surface area contributed by atoms with Gasteiger partial charge in [-0.25, -0.2) is 4.98 Å². The first kappa shape index (κ1) is 19.8. The third kappa shape index (κ3) is 5.77. The highest BCUT2D eigenvalue weighted by Crippen LogP contribution is 2.18. The molecule has 1 N–H and O–H groups in total. The van der Waals surface area contributed by atoms with Crippen LogP contribution in [-0.4, -0.2) is 25.6 Å². The van der Waals surface area contributed by atoms with E-state index in [1.807, 2.05) is 43.7 Å². The summed E-state index contributed by atoms with van der Waals surface area (Å²) in [4.78, 5) is 20.5. The molecule has 28 heavy (non-hydrogen) atoms. The molecule has 7 heteroatoms. The fraction of sp³-hybridized carbons (Fsp3) is 0.429. The SMILES string of the molecule is CC(C)(C)c1noc(CCCC(=O)NCc2ccc(Cn3ccnc3)cc2)n1. The van der Waals surface area contributed by atoms with E-state index in [1.165, 1.54) is 5.56 Å². The first-order valence-corrected chi connectivity index (χ1v) is 9.53. The Labute approximate surface area is 165 Å². The minimum absolute atomic E-state index is 0.0260. The van der Waals surface area contributed by atoms with Crippen LogP contribution in [0.15, 0.2) is 47.5 Å². The number of rotatable bonds is 8. The molecule has 3 aromatic rings. The lowest BCUT2D eigenvalue weighted by Gasteiger charge is -2.10. The van der Waals surface area contributed by atoms with E-state index in [9.17, 15) is 4.79 Å². The first-order chi connectivity index (χ1) is 13.4. The molecule has 0 saturated heterocycles. The zero-order valence-corrected chi connectivity index (χ0v) is 16.7. The number of carbonyl (C=O) groups is 1. The van der Waals surface area contributed by atoms with Gasteiger partial charge in [0.1, 0.15) is 0 Å². The van der Waals surface area contributed by atoms with Crippen LogP contribution in [0.5, 0.6) is 0 Å². The van der Waals surface area contributed by atoms with Gasteiger partial charge in [-0.1, -0.05) is 50.2 Å². The van der Waals surface area contributed by atoms with Gasteiger partial charge in [0.25, 0.3) is 0 Å². The largest absolute Gasteiger partial charge is 0.352 e. The lowest BCUT2D eigenvalue weighted by Crippen LogP contribution is -2.22. The standard InChI is InChI=1S/C21H27N5O2/c1-21(2,3)20-24-19(28-25-20)6-4-5-18(27)23-13-16-7-9-17(10-8-16)14-26-12-11-22-15-26/h7-12,15H,4-6,13-14H2,1-3H3,(H,23,27). The smallest absolute Gasteiger partial charge is 0.226 e. The Hall–Kier alpha value is -2.96. The van der Waals surface area contributed by atoms with E-state index in [4.69, 9.17) is 4.52 Å². The normalized spacial score (nSPS) is 11.5. The second-order valence-corrected chi connectivity index (χ2v) is 7.94. The zero-order chi connectivity index (χ0) is 20.0. The molecule has 0 aliphatic heterocycles. The second-order valence-electron chi connectivity index (χ2n) is 7.94. The Morgan fingerprint density at radius 2 is 1.93 bits per heavy atom. The Balaban J connectivity index is 1.37. The number of amides is 1. The molecule has 0 bridgehead atoms. The van der Waals surface area contributed by atoms with E-state index in [0.29, 0.717) is 37.5 Å². The van der Waals surface area contributed by atoms with E-state index < -0.39 is 0 Å². The summed E-state index contributed by atoms with van der Waals surface area (Å²) in [5, 5.41) is 6.96. The quantitative estimate of drug-likeness (QED) is 0.647. The second kappa shape index (κ2) is 8.82. The topological polar surface area (TPSA) is 85.8 Å². The van der Waals surface area contributed by atoms with Crippen LogP contribution in [0.1, 0.15) is 56.5 Å². The van der Waals surface area contributed by atoms with E-state index >= 15 is 0 Å². The van der Waals surface area contributed by atoms with Crippen LogP contribution in [-0.2, 0) is 29.7 Å². The number of carbonyl (C=O) groups excluding carboxylic acids is 1. The molecule has 0 atom stereocenters. The maximum absolute atomic E-state index is 12.1. The van der Waals surface area contributed by atoms with Gasteiger partial charge in [0.2, 0.25) is 11.8 Å². The number of benzene rings is 1. The molecule has 0 aliphatic carbocycles. The number of nitrogens with zero attached hydrogens (tertiary/aromatic N) is 4. The summed E-state index contributed by atoms with van der Waals surface area (Å²) in [6.07, 6.45) is 7.23. The molecule has 0 fully saturated rings. The summed E-state index contributed by atoms with van der Waals surface area (Å²) in [7, 11) is 0. The molecule has 2 heterocycles. The molecule has 0 saturated carbocycles. The van der Waals surface area contributed by atoms with Gasteiger partial charge in [0, 0.05) is 43.7 Å². The van der Waals surface area contributed by atoms with Crippen LogP contribution < -0.4 is 5.32 Å². The lowest BCUT2D eigenvalue weighted by molar-refractivity contribution is -0.121. The van der Waals surface area contributed by atoms with E-state index in [-0.39, 0.29) is 11.3 Å². The van der Waals surface area contributed by atoms with Gasteiger partial charge in [-0.15, -0.1) is 0 Å². The van der Waals surface area contributed by atoms with Crippen molar-refractivity contribution in [1.82, 2.24) is 25.0 Å². The predicted octanol–water partition coefficient (Wildman–Crippen LogP) is 3.25. The number of aromatic nitrogens is 4. The maximum atomic E-state index is 12.1. The van der Waals surface area contributed by atoms with Crippen molar-refractivity contribution in [1.29, 1.82) is 0 Å². The molecule has 148 valence electrons.